The highest BCUT2D eigenvalue weighted by Crippen LogP contribution is 2.15. The Hall–Kier alpha value is -1.09. The topological polar surface area (TPSA) is 25.8 Å². The van der Waals surface area contributed by atoms with Crippen molar-refractivity contribution in [1.82, 2.24) is 0 Å². The Morgan fingerprint density at radius 3 is 2.92 bits per heavy atom. The van der Waals surface area contributed by atoms with Gasteiger partial charge in [0.2, 0.25) is 0 Å². The molecule has 0 bridgehead atoms. The van der Waals surface area contributed by atoms with Crippen LogP contribution in [0.2, 0.25) is 0 Å². The van der Waals surface area contributed by atoms with Crippen LogP contribution in [-0.4, -0.2) is 7.11 Å². The van der Waals surface area contributed by atoms with E-state index in [0.717, 1.165) is 0 Å². The van der Waals surface area contributed by atoms with Crippen molar-refractivity contribution in [3.05, 3.63) is 36.6 Å². The van der Waals surface area contributed by atoms with Crippen LogP contribution in [0.3, 0.4) is 0 Å². The van der Waals surface area contributed by atoms with E-state index in [9.17, 15) is 4.39 Å². The minimum atomic E-state index is -0.212. The molecule has 1 aromatic rings. The molecule has 0 aliphatic rings. The zero-order valence-corrected chi connectivity index (χ0v) is 7.01. The first-order chi connectivity index (χ1) is 5.77. The van der Waals surface area contributed by atoms with Gasteiger partial charge < -0.3 is 10.1 Å². The fraction of sp³-hybridized carbons (Fsp3) is 0.222. The van der Waals surface area contributed by atoms with E-state index in [4.69, 9.17) is 4.74 Å². The molecule has 0 radical (unpaired) electrons. The Labute approximate surface area is 71.4 Å². The average Bonchev–Trinajstić information content (AvgIpc) is 2.09. The van der Waals surface area contributed by atoms with E-state index < -0.39 is 0 Å². The van der Waals surface area contributed by atoms with Crippen molar-refractivity contribution in [2.24, 2.45) is 0 Å². The third kappa shape index (κ3) is 1.95. The Kier molecular flexibility index (Phi) is 3.05. The Balaban J connectivity index is 2.91. The number of hydrogen-bond donors (Lipinski definition) is 1. The second-order valence-electron chi connectivity index (χ2n) is 2.45. The zero-order chi connectivity index (χ0) is 8.97. The number of rotatable bonds is 3. The molecule has 0 spiro atoms. The molecule has 0 saturated heterocycles. The highest BCUT2D eigenvalue weighted by molar-refractivity contribution is 5.29. The summed E-state index contributed by atoms with van der Waals surface area (Å²) in [6, 6.07) is 4.68. The van der Waals surface area contributed by atoms with Crippen molar-refractivity contribution < 1.29 is 14.4 Å². The molecule has 0 saturated carbocycles. The Morgan fingerprint density at radius 1 is 1.58 bits per heavy atom. The Morgan fingerprint density at radius 2 is 2.33 bits per heavy atom. The van der Waals surface area contributed by atoms with Crippen molar-refractivity contribution in [3.8, 4) is 5.75 Å². The van der Waals surface area contributed by atoms with Crippen LogP contribution in [0.1, 0.15) is 5.56 Å². The first kappa shape index (κ1) is 9.00. The quantitative estimate of drug-likeness (QED) is 0.662. The molecule has 1 rings (SSSR count). The minimum absolute atomic E-state index is 0.212. The maximum atomic E-state index is 13.0. The van der Waals surface area contributed by atoms with Gasteiger partial charge in [0.05, 0.1) is 13.7 Å². The molecule has 2 nitrogen and oxygen atoms in total. The predicted octanol–water partition coefficient (Wildman–Crippen LogP) is 0.689. The summed E-state index contributed by atoms with van der Waals surface area (Å²) < 4.78 is 17.9. The molecule has 0 amide bonds. The maximum Gasteiger partial charge on any atom is 0.132 e. The SMILES string of the molecule is [CH2-][NH2+]Cc1cc(OC)ccc1F. The lowest BCUT2D eigenvalue weighted by atomic mass is 10.2. The average molecular weight is 169 g/mol. The van der Waals surface area contributed by atoms with E-state index in [2.05, 4.69) is 7.05 Å². The van der Waals surface area contributed by atoms with Gasteiger partial charge in [0.15, 0.2) is 0 Å². The van der Waals surface area contributed by atoms with Crippen molar-refractivity contribution >= 4 is 0 Å². The van der Waals surface area contributed by atoms with Gasteiger partial charge in [0.1, 0.15) is 11.6 Å². The molecule has 1 aromatic carbocycles. The molecule has 0 aromatic heterocycles. The summed E-state index contributed by atoms with van der Waals surface area (Å²) in [6.07, 6.45) is 0. The fourth-order valence-electron chi connectivity index (χ4n) is 0.990. The number of hydrogen-bond acceptors (Lipinski definition) is 1. The van der Waals surface area contributed by atoms with Crippen LogP contribution in [0.5, 0.6) is 5.75 Å². The summed E-state index contributed by atoms with van der Waals surface area (Å²) in [4.78, 5) is 0. The van der Waals surface area contributed by atoms with Crippen molar-refractivity contribution in [2.75, 3.05) is 7.11 Å². The lowest BCUT2D eigenvalue weighted by Gasteiger charge is -2.05. The molecule has 2 N–H and O–H groups in total. The van der Waals surface area contributed by atoms with Crippen LogP contribution in [0.4, 0.5) is 4.39 Å². The molecule has 0 atom stereocenters. The van der Waals surface area contributed by atoms with Crippen molar-refractivity contribution in [1.29, 1.82) is 0 Å². The fourth-order valence-corrected chi connectivity index (χ4v) is 0.990. The summed E-state index contributed by atoms with van der Waals surface area (Å²) in [5.74, 6) is 0.462. The maximum absolute atomic E-state index is 13.0. The van der Waals surface area contributed by atoms with Gasteiger partial charge in [-0.1, -0.05) is 0 Å². The molecule has 0 heterocycles. The highest BCUT2D eigenvalue weighted by atomic mass is 19.1. The van der Waals surface area contributed by atoms with Crippen LogP contribution in [0.25, 0.3) is 0 Å². The number of ether oxygens (including phenoxy) is 1. The highest BCUT2D eigenvalue weighted by Gasteiger charge is 2.02. The molecular weight excluding hydrogens is 157 g/mol. The van der Waals surface area contributed by atoms with Gasteiger partial charge in [0, 0.05) is 5.56 Å². The number of halogens is 1. The molecule has 12 heavy (non-hydrogen) atoms. The summed E-state index contributed by atoms with van der Waals surface area (Å²) in [5.41, 5.74) is 0.615. The molecule has 3 heteroatoms. The number of quaternary nitrogens is 1. The summed E-state index contributed by atoms with van der Waals surface area (Å²) in [5, 5.41) is 1.66. The largest absolute Gasteiger partial charge is 0.497 e. The molecular formula is C9H12FNO. The van der Waals surface area contributed by atoms with Gasteiger partial charge in [-0.2, -0.15) is 7.05 Å². The molecule has 0 aliphatic heterocycles. The number of benzene rings is 1. The second kappa shape index (κ2) is 4.07. The third-order valence-corrected chi connectivity index (χ3v) is 1.62. The van der Waals surface area contributed by atoms with E-state index in [-0.39, 0.29) is 5.82 Å². The van der Waals surface area contributed by atoms with E-state index in [1.165, 1.54) is 6.07 Å². The zero-order valence-electron chi connectivity index (χ0n) is 7.01. The standard InChI is InChI=1S/C9H12FNO/c1-11-6-7-5-8(12-2)3-4-9(7)10/h3-5H,1,6,11H2,2H3. The second-order valence-corrected chi connectivity index (χ2v) is 2.45. The van der Waals surface area contributed by atoms with Gasteiger partial charge in [-0.25, -0.2) is 4.39 Å². The molecule has 0 unspecified atom stereocenters. The first-order valence-electron chi connectivity index (χ1n) is 3.71. The summed E-state index contributed by atoms with van der Waals surface area (Å²) in [7, 11) is 5.11. The third-order valence-electron chi connectivity index (χ3n) is 1.62. The summed E-state index contributed by atoms with van der Waals surface area (Å²) >= 11 is 0. The smallest absolute Gasteiger partial charge is 0.132 e. The number of methoxy groups -OCH3 is 1. The van der Waals surface area contributed by atoms with Crippen LogP contribution < -0.4 is 10.1 Å². The van der Waals surface area contributed by atoms with Crippen LogP contribution in [-0.2, 0) is 6.54 Å². The van der Waals surface area contributed by atoms with Gasteiger partial charge in [-0.05, 0) is 18.2 Å². The van der Waals surface area contributed by atoms with E-state index in [1.54, 1.807) is 24.6 Å². The van der Waals surface area contributed by atoms with Crippen LogP contribution in [0, 0.1) is 12.9 Å². The van der Waals surface area contributed by atoms with E-state index in [1.807, 2.05) is 0 Å². The minimum Gasteiger partial charge on any atom is -0.497 e. The predicted molar refractivity (Wildman–Crippen MR) is 43.9 cm³/mol. The van der Waals surface area contributed by atoms with Crippen LogP contribution in [0.15, 0.2) is 18.2 Å². The van der Waals surface area contributed by atoms with Crippen LogP contribution >= 0.6 is 0 Å². The molecule has 0 fully saturated rings. The van der Waals surface area contributed by atoms with Crippen molar-refractivity contribution in [2.45, 2.75) is 6.54 Å². The van der Waals surface area contributed by atoms with Gasteiger partial charge in [-0.15, -0.1) is 0 Å². The lowest BCUT2D eigenvalue weighted by molar-refractivity contribution is -0.612. The van der Waals surface area contributed by atoms with Gasteiger partial charge in [0.25, 0.3) is 0 Å². The summed E-state index contributed by atoms with van der Waals surface area (Å²) in [6.45, 7) is 0.531. The number of nitrogens with two attached hydrogens (primary N) is 1. The monoisotopic (exact) mass is 169 g/mol. The van der Waals surface area contributed by atoms with Gasteiger partial charge >= 0.3 is 0 Å². The first-order valence-corrected chi connectivity index (χ1v) is 3.71. The molecule has 66 valence electrons. The lowest BCUT2D eigenvalue weighted by Crippen LogP contribution is -2.75. The van der Waals surface area contributed by atoms with E-state index in [0.29, 0.717) is 17.9 Å². The van der Waals surface area contributed by atoms with Gasteiger partial charge in [-0.3, -0.25) is 0 Å². The Bertz CT molecular complexity index is 263. The molecule has 0 aliphatic carbocycles. The normalized spacial score (nSPS) is 9.92. The van der Waals surface area contributed by atoms with Crippen molar-refractivity contribution in [3.63, 3.8) is 0 Å². The van der Waals surface area contributed by atoms with E-state index >= 15 is 0 Å².